The van der Waals surface area contributed by atoms with Crippen molar-refractivity contribution in [3.63, 3.8) is 0 Å². The third-order valence-corrected chi connectivity index (χ3v) is 22.2. The molecule has 0 radical (unpaired) electrons. The lowest BCUT2D eigenvalue weighted by Gasteiger charge is -2.11. The van der Waals surface area contributed by atoms with E-state index in [-0.39, 0.29) is 0 Å². The van der Waals surface area contributed by atoms with E-state index in [2.05, 4.69) is 286 Å². The molecule has 0 bridgehead atoms. The topological polar surface area (TPSA) is 128 Å². The van der Waals surface area contributed by atoms with Gasteiger partial charge in [-0.15, -0.1) is 0 Å². The Morgan fingerprint density at radius 1 is 0.224 bits per heavy atom. The number of benzene rings is 16. The zero-order valence-corrected chi connectivity index (χ0v) is 64.0. The Kier molecular flexibility index (Phi) is 18.5. The van der Waals surface area contributed by atoms with E-state index < -0.39 is 7.12 Å². The average Bonchev–Trinajstić information content (AvgIpc) is 1.60. The highest BCUT2D eigenvalue weighted by atomic mass is 79.9. The van der Waals surface area contributed by atoms with Crippen LogP contribution in [0.4, 0.5) is 0 Å². The largest absolute Gasteiger partial charge is 0.488 e. The maximum Gasteiger partial charge on any atom is 0.488 e. The first-order valence-electron chi connectivity index (χ1n) is 38.5. The molecule has 0 aliphatic carbocycles. The molecule has 0 saturated heterocycles. The molecule has 0 aliphatic rings. The summed E-state index contributed by atoms with van der Waals surface area (Å²) in [4.78, 5) is 20.0. The van der Waals surface area contributed by atoms with Gasteiger partial charge in [-0.25, -0.2) is 19.9 Å². The second-order valence-corrected chi connectivity index (χ2v) is 29.7. The van der Waals surface area contributed by atoms with Crippen LogP contribution in [-0.2, 0) is 0 Å². The van der Waals surface area contributed by atoms with Gasteiger partial charge in [-0.1, -0.05) is 307 Å². The van der Waals surface area contributed by atoms with Gasteiger partial charge >= 0.3 is 7.12 Å². The quantitative estimate of drug-likeness (QED) is 0.116. The number of hydrogen-bond acceptors (Lipinski definition) is 8. The monoisotopic (exact) mass is 1550 g/mol. The summed E-state index contributed by atoms with van der Waals surface area (Å²) in [5, 5.41) is 27.9. The van der Waals surface area contributed by atoms with Crippen LogP contribution in [0.2, 0.25) is 0 Å². The molecule has 10 nitrogen and oxygen atoms in total. The number of nitrogens with zero attached hydrogens (tertiary/aromatic N) is 6. The molecule has 548 valence electrons. The standard InChI is InChI=1S/C52H33N3O.C34H21BrN2O.C18H14BNO2/c1-2-10-39(11-3-1)52-53-46(33-47(54-52)38-24-20-36(21-25-38)40-28-31-51-45(32-40)44-14-6-9-17-50(44)56-51)37-22-18-34(19-23-37)35-26-29-41(30-27-35)55-48-15-7-4-12-42(48)43-13-5-8-16-49(43)55;35-27-17-14-24(15-18-27)31-21-30(36-34(37-31)25-6-2-1-3-7-25)23-12-10-22(11-13-23)26-16-19-33-29(20-26)28-8-4-5-9-32(28)38-33;21-19(22)13-9-11-14(12-10-13)20-17-7-3-1-5-15(17)16-6-2-4-8-18(16)20/h1-33H;1-21H;1-12,21-22H. The molecule has 6 aromatic heterocycles. The number of para-hydroxylation sites is 6. The van der Waals surface area contributed by atoms with Gasteiger partial charge in [0, 0.05) is 92.3 Å². The van der Waals surface area contributed by atoms with Crippen LogP contribution in [0.15, 0.2) is 414 Å². The summed E-state index contributed by atoms with van der Waals surface area (Å²) in [6.45, 7) is 0. The van der Waals surface area contributed by atoms with Crippen LogP contribution in [0.25, 0.3) is 200 Å². The molecule has 0 atom stereocenters. The lowest BCUT2D eigenvalue weighted by molar-refractivity contribution is 0.426. The second kappa shape index (κ2) is 30.4. The van der Waals surface area contributed by atoms with E-state index in [1.54, 1.807) is 12.1 Å². The summed E-state index contributed by atoms with van der Waals surface area (Å²) >= 11 is 3.53. The Balaban J connectivity index is 0.000000124. The smallest absolute Gasteiger partial charge is 0.456 e. The molecule has 22 aromatic rings. The van der Waals surface area contributed by atoms with Crippen molar-refractivity contribution < 1.29 is 18.9 Å². The summed E-state index contributed by atoms with van der Waals surface area (Å²) in [6.07, 6.45) is 0. The number of rotatable bonds is 12. The molecule has 0 amide bonds. The Hall–Kier alpha value is -14.7. The summed E-state index contributed by atoms with van der Waals surface area (Å²) in [5.41, 5.74) is 27.5. The van der Waals surface area contributed by atoms with Crippen molar-refractivity contribution >= 4 is 116 Å². The van der Waals surface area contributed by atoms with E-state index in [1.165, 1.54) is 32.6 Å². The summed E-state index contributed by atoms with van der Waals surface area (Å²) < 4.78 is 17.7. The van der Waals surface area contributed by atoms with Gasteiger partial charge in [-0.05, 0) is 148 Å². The first kappa shape index (κ1) is 70.5. The van der Waals surface area contributed by atoms with Crippen LogP contribution in [0, 0.1) is 0 Å². The fourth-order valence-electron chi connectivity index (χ4n) is 15.9. The minimum atomic E-state index is -1.44. The van der Waals surface area contributed by atoms with Crippen molar-refractivity contribution in [1.29, 1.82) is 0 Å². The molecule has 0 spiro atoms. The van der Waals surface area contributed by atoms with E-state index in [4.69, 9.17) is 28.8 Å². The number of halogens is 1. The van der Waals surface area contributed by atoms with Crippen LogP contribution in [0.1, 0.15) is 0 Å². The number of fused-ring (bicyclic) bond motifs is 12. The van der Waals surface area contributed by atoms with Crippen LogP contribution >= 0.6 is 15.9 Å². The zero-order valence-electron chi connectivity index (χ0n) is 62.5. The van der Waals surface area contributed by atoms with Crippen molar-refractivity contribution in [3.8, 4) is 113 Å². The fourth-order valence-corrected chi connectivity index (χ4v) is 16.1. The summed E-state index contributed by atoms with van der Waals surface area (Å²) in [6, 6.07) is 138. The summed E-state index contributed by atoms with van der Waals surface area (Å²) in [5.74, 6) is 1.41. The summed E-state index contributed by atoms with van der Waals surface area (Å²) in [7, 11) is -1.44. The third-order valence-electron chi connectivity index (χ3n) is 21.7. The number of furan rings is 2. The molecular weight excluding hydrogens is 1490 g/mol. The molecule has 6 heterocycles. The van der Waals surface area contributed by atoms with Crippen LogP contribution in [0.3, 0.4) is 0 Å². The molecule has 22 rings (SSSR count). The molecule has 16 aromatic carbocycles. The zero-order chi connectivity index (χ0) is 77.6. The molecule has 0 aliphatic heterocycles. The lowest BCUT2D eigenvalue weighted by Crippen LogP contribution is -2.29. The van der Waals surface area contributed by atoms with Gasteiger partial charge in [0.05, 0.1) is 44.8 Å². The highest BCUT2D eigenvalue weighted by Gasteiger charge is 2.19. The van der Waals surface area contributed by atoms with Gasteiger partial charge in [0.1, 0.15) is 22.3 Å². The van der Waals surface area contributed by atoms with E-state index in [0.29, 0.717) is 17.1 Å². The predicted octanol–water partition coefficient (Wildman–Crippen LogP) is 26.1. The minimum Gasteiger partial charge on any atom is -0.456 e. The minimum absolute atomic E-state index is 0.490. The SMILES string of the molecule is Brc1ccc(-c2cc(-c3ccc(-c4ccc5oc6ccccc6c5c4)cc3)nc(-c3ccccc3)n2)cc1.OB(O)c1ccc(-n2c3ccccc3c3ccccc32)cc1.c1ccc(-c2nc(-c3ccc(-c4ccc(-n5c6ccccc6c6ccccc65)cc4)cc3)cc(-c3ccc(-c4ccc5oc6ccccc6c5c4)cc3)n2)cc1. The van der Waals surface area contributed by atoms with Gasteiger partial charge < -0.3 is 28.0 Å². The third kappa shape index (κ3) is 13.6. The van der Waals surface area contributed by atoms with E-state index in [1.807, 2.05) is 127 Å². The first-order chi connectivity index (χ1) is 57.2. The normalized spacial score (nSPS) is 11.4. The highest BCUT2D eigenvalue weighted by molar-refractivity contribution is 9.10. The van der Waals surface area contributed by atoms with Crippen molar-refractivity contribution in [3.05, 3.63) is 405 Å². The predicted molar refractivity (Wildman–Crippen MR) is 480 cm³/mol. The maximum atomic E-state index is 9.24. The van der Waals surface area contributed by atoms with Crippen LogP contribution < -0.4 is 5.46 Å². The van der Waals surface area contributed by atoms with E-state index >= 15 is 0 Å². The number of aromatic nitrogens is 6. The first-order valence-corrected chi connectivity index (χ1v) is 39.3. The lowest BCUT2D eigenvalue weighted by atomic mass is 9.80. The second-order valence-electron chi connectivity index (χ2n) is 28.8. The van der Waals surface area contributed by atoms with E-state index in [9.17, 15) is 10.0 Å². The molecule has 0 saturated carbocycles. The van der Waals surface area contributed by atoms with Crippen molar-refractivity contribution in [2.45, 2.75) is 0 Å². The maximum absolute atomic E-state index is 9.24. The van der Waals surface area contributed by atoms with Gasteiger partial charge in [0.2, 0.25) is 0 Å². The molecular formula is C104H68BBrN6O4. The Morgan fingerprint density at radius 2 is 0.491 bits per heavy atom. The van der Waals surface area contributed by atoms with Crippen molar-refractivity contribution in [1.82, 2.24) is 29.1 Å². The van der Waals surface area contributed by atoms with Crippen LogP contribution in [-0.4, -0.2) is 46.2 Å². The average molecular weight is 1560 g/mol. The van der Waals surface area contributed by atoms with Crippen molar-refractivity contribution in [2.24, 2.45) is 0 Å². The molecule has 12 heteroatoms. The Bertz CT molecular complexity index is 7290. The van der Waals surface area contributed by atoms with Gasteiger partial charge in [0.25, 0.3) is 0 Å². The molecule has 2 N–H and O–H groups in total. The van der Waals surface area contributed by atoms with E-state index in [0.717, 1.165) is 160 Å². The number of hydrogen-bond donors (Lipinski definition) is 2. The molecule has 0 unspecified atom stereocenters. The molecule has 116 heavy (non-hydrogen) atoms. The van der Waals surface area contributed by atoms with Crippen LogP contribution in [0.5, 0.6) is 0 Å². The fraction of sp³-hybridized carbons (Fsp3) is 0. The highest BCUT2D eigenvalue weighted by Crippen LogP contribution is 2.40. The van der Waals surface area contributed by atoms with Gasteiger partial charge in [-0.3, -0.25) is 0 Å². The Labute approximate surface area is 676 Å². The Morgan fingerprint density at radius 3 is 0.845 bits per heavy atom. The van der Waals surface area contributed by atoms with Gasteiger partial charge in [-0.2, -0.15) is 0 Å². The molecule has 0 fully saturated rings. The van der Waals surface area contributed by atoms with Crippen molar-refractivity contribution in [2.75, 3.05) is 0 Å². The van der Waals surface area contributed by atoms with Gasteiger partial charge in [0.15, 0.2) is 11.6 Å².